The van der Waals surface area contributed by atoms with Crippen LogP contribution in [0.1, 0.15) is 6.92 Å². The zero-order valence-corrected chi connectivity index (χ0v) is 10.5. The summed E-state index contributed by atoms with van der Waals surface area (Å²) in [5, 5.41) is 21.4. The van der Waals surface area contributed by atoms with Gasteiger partial charge in [-0.15, -0.1) is 0 Å². The Labute approximate surface area is 110 Å². The van der Waals surface area contributed by atoms with Crippen molar-refractivity contribution in [2.45, 2.75) is 6.92 Å². The van der Waals surface area contributed by atoms with Crippen LogP contribution in [0.15, 0.2) is 47.7 Å². The number of carbonyl (C=O) groups is 1. The van der Waals surface area contributed by atoms with Crippen molar-refractivity contribution in [2.75, 3.05) is 5.32 Å². The Morgan fingerprint density at radius 1 is 1.44 bits per heavy atom. The lowest BCUT2D eigenvalue weighted by atomic mass is 10.1. The minimum absolute atomic E-state index is 0.248. The lowest BCUT2D eigenvalue weighted by Crippen LogP contribution is -2.15. The minimum atomic E-state index is -0.694. The van der Waals surface area contributed by atoms with Crippen LogP contribution in [-0.2, 0) is 4.79 Å². The highest BCUT2D eigenvalue weighted by atomic mass is 35.5. The summed E-state index contributed by atoms with van der Waals surface area (Å²) in [6.07, 6.45) is 0. The van der Waals surface area contributed by atoms with Gasteiger partial charge in [0.1, 0.15) is 11.8 Å². The van der Waals surface area contributed by atoms with Gasteiger partial charge in [-0.05, 0) is 36.8 Å². The molecule has 1 rings (SSSR count). The van der Waals surface area contributed by atoms with Crippen molar-refractivity contribution in [3.63, 3.8) is 0 Å². The van der Waals surface area contributed by atoms with E-state index in [9.17, 15) is 9.90 Å². The summed E-state index contributed by atoms with van der Waals surface area (Å²) in [7, 11) is 0. The number of carbonyl (C=O) groups excluding carboxylic acids is 1. The van der Waals surface area contributed by atoms with Crippen LogP contribution in [0.25, 0.3) is 0 Å². The third-order valence-corrected chi connectivity index (χ3v) is 2.33. The van der Waals surface area contributed by atoms with E-state index in [4.69, 9.17) is 16.9 Å². The number of allylic oxidation sites excluding steroid dienone is 1. The Balaban J connectivity index is 2.95. The first-order chi connectivity index (χ1) is 8.45. The molecule has 92 valence electrons. The number of anilines is 1. The molecule has 0 saturated heterocycles. The molecule has 0 spiro atoms. The van der Waals surface area contributed by atoms with E-state index < -0.39 is 11.7 Å². The number of hydrogen-bond donors (Lipinski definition) is 2. The predicted octanol–water partition coefficient (Wildman–Crippen LogP) is 3.19. The number of aliphatic hydroxyl groups is 1. The van der Waals surface area contributed by atoms with Crippen molar-refractivity contribution in [3.8, 4) is 6.07 Å². The second kappa shape index (κ2) is 5.89. The molecule has 0 saturated carbocycles. The van der Waals surface area contributed by atoms with Crippen LogP contribution in [0.5, 0.6) is 0 Å². The molecule has 18 heavy (non-hydrogen) atoms. The maximum atomic E-state index is 11.7. The molecule has 0 aliphatic carbocycles. The van der Waals surface area contributed by atoms with Crippen molar-refractivity contribution in [1.82, 2.24) is 0 Å². The maximum Gasteiger partial charge on any atom is 0.270 e. The molecule has 0 fully saturated rings. The largest absolute Gasteiger partial charge is 0.506 e. The summed E-state index contributed by atoms with van der Waals surface area (Å²) in [5.41, 5.74) is 0.349. The topological polar surface area (TPSA) is 73.1 Å². The number of amides is 1. The number of hydrogen-bond acceptors (Lipinski definition) is 3. The van der Waals surface area contributed by atoms with Crippen LogP contribution in [0.4, 0.5) is 5.69 Å². The van der Waals surface area contributed by atoms with E-state index >= 15 is 0 Å². The van der Waals surface area contributed by atoms with Crippen LogP contribution in [0.2, 0.25) is 5.02 Å². The van der Waals surface area contributed by atoms with Crippen LogP contribution in [0, 0.1) is 11.3 Å². The molecule has 0 aliphatic heterocycles. The van der Waals surface area contributed by atoms with Crippen LogP contribution >= 0.6 is 11.6 Å². The second-order valence-corrected chi connectivity index (χ2v) is 4.01. The van der Waals surface area contributed by atoms with Crippen molar-refractivity contribution < 1.29 is 9.90 Å². The van der Waals surface area contributed by atoms with Crippen molar-refractivity contribution >= 4 is 23.2 Å². The Morgan fingerprint density at radius 2 is 2.00 bits per heavy atom. The van der Waals surface area contributed by atoms with Gasteiger partial charge in [-0.1, -0.05) is 18.2 Å². The van der Waals surface area contributed by atoms with E-state index in [-0.39, 0.29) is 11.1 Å². The molecule has 1 amide bonds. The molecular formula is C13H11ClN2O2. The maximum absolute atomic E-state index is 11.7. The smallest absolute Gasteiger partial charge is 0.270 e. The molecule has 0 aromatic heterocycles. The van der Waals surface area contributed by atoms with Gasteiger partial charge < -0.3 is 10.4 Å². The third-order valence-electron chi connectivity index (χ3n) is 2.08. The summed E-state index contributed by atoms with van der Waals surface area (Å²) in [6.45, 7) is 4.97. The van der Waals surface area contributed by atoms with Gasteiger partial charge >= 0.3 is 0 Å². The summed E-state index contributed by atoms with van der Waals surface area (Å²) < 4.78 is 0. The molecule has 4 nitrogen and oxygen atoms in total. The van der Waals surface area contributed by atoms with E-state index in [1.165, 1.54) is 6.92 Å². The van der Waals surface area contributed by atoms with E-state index in [0.29, 0.717) is 10.7 Å². The summed E-state index contributed by atoms with van der Waals surface area (Å²) in [5.74, 6) is -1.11. The molecule has 1 aromatic rings. The zero-order valence-electron chi connectivity index (χ0n) is 9.70. The number of nitrogens with one attached hydrogen (secondary N) is 1. The fourth-order valence-electron chi connectivity index (χ4n) is 1.15. The zero-order chi connectivity index (χ0) is 13.7. The average molecular weight is 263 g/mol. The predicted molar refractivity (Wildman–Crippen MR) is 70.2 cm³/mol. The van der Waals surface area contributed by atoms with E-state index in [0.717, 1.165) is 0 Å². The molecular weight excluding hydrogens is 252 g/mol. The molecule has 1 aromatic carbocycles. The van der Waals surface area contributed by atoms with Gasteiger partial charge in [0.25, 0.3) is 5.91 Å². The molecule has 0 unspecified atom stereocenters. The lowest BCUT2D eigenvalue weighted by Gasteiger charge is -2.06. The summed E-state index contributed by atoms with van der Waals surface area (Å²) >= 11 is 5.70. The van der Waals surface area contributed by atoms with E-state index in [1.807, 2.05) is 0 Å². The number of nitrogens with zero attached hydrogens (tertiary/aromatic N) is 1. The first-order valence-corrected chi connectivity index (χ1v) is 5.39. The Bertz CT molecular complexity index is 553. The standard InChI is InChI=1S/C13H11ClN2O2/c1-8(2)12(17)11(7-15)13(18)16-10-5-3-9(14)4-6-10/h3-6,17H,1H2,2H3,(H,16,18). The molecule has 0 bridgehead atoms. The van der Waals surface area contributed by atoms with Crippen LogP contribution < -0.4 is 5.32 Å². The highest BCUT2D eigenvalue weighted by Gasteiger charge is 2.15. The monoisotopic (exact) mass is 262 g/mol. The van der Waals surface area contributed by atoms with Crippen molar-refractivity contribution in [1.29, 1.82) is 5.26 Å². The number of rotatable bonds is 3. The Morgan fingerprint density at radius 3 is 2.44 bits per heavy atom. The Hall–Kier alpha value is -2.25. The summed E-state index contributed by atoms with van der Waals surface area (Å²) in [4.78, 5) is 11.7. The van der Waals surface area contributed by atoms with Crippen molar-refractivity contribution in [2.24, 2.45) is 0 Å². The molecule has 0 atom stereocenters. The van der Waals surface area contributed by atoms with Crippen LogP contribution in [0.3, 0.4) is 0 Å². The van der Waals surface area contributed by atoms with Gasteiger partial charge in [0, 0.05) is 10.7 Å². The first-order valence-electron chi connectivity index (χ1n) is 5.02. The number of aliphatic hydroxyl groups excluding tert-OH is 1. The van der Waals surface area contributed by atoms with Gasteiger partial charge in [-0.3, -0.25) is 4.79 Å². The minimum Gasteiger partial charge on any atom is -0.506 e. The number of benzene rings is 1. The summed E-state index contributed by atoms with van der Waals surface area (Å²) in [6, 6.07) is 8.03. The molecule has 2 N–H and O–H groups in total. The van der Waals surface area contributed by atoms with E-state index in [1.54, 1.807) is 30.3 Å². The lowest BCUT2D eigenvalue weighted by molar-refractivity contribution is -0.112. The fraction of sp³-hybridized carbons (Fsp3) is 0.0769. The quantitative estimate of drug-likeness (QED) is 0.380. The normalized spacial score (nSPS) is 11.2. The van der Waals surface area contributed by atoms with Gasteiger partial charge in [0.05, 0.1) is 0 Å². The Kier molecular flexibility index (Phi) is 4.52. The first kappa shape index (κ1) is 13.8. The SMILES string of the molecule is C=C(C)C(O)=C(C#N)C(=O)Nc1ccc(Cl)cc1. The second-order valence-electron chi connectivity index (χ2n) is 3.58. The molecule has 0 aliphatic rings. The molecule has 5 heteroatoms. The number of halogens is 1. The molecule has 0 radical (unpaired) electrons. The van der Waals surface area contributed by atoms with Crippen LogP contribution in [-0.4, -0.2) is 11.0 Å². The van der Waals surface area contributed by atoms with Gasteiger partial charge in [0.2, 0.25) is 0 Å². The number of nitriles is 1. The van der Waals surface area contributed by atoms with E-state index in [2.05, 4.69) is 11.9 Å². The van der Waals surface area contributed by atoms with Gasteiger partial charge in [0.15, 0.2) is 5.57 Å². The third kappa shape index (κ3) is 3.37. The highest BCUT2D eigenvalue weighted by molar-refractivity contribution is 6.30. The average Bonchev–Trinajstić information content (AvgIpc) is 2.32. The van der Waals surface area contributed by atoms with Gasteiger partial charge in [-0.25, -0.2) is 0 Å². The highest BCUT2D eigenvalue weighted by Crippen LogP contribution is 2.16. The van der Waals surface area contributed by atoms with Crippen molar-refractivity contribution in [3.05, 3.63) is 52.8 Å². The fourth-order valence-corrected chi connectivity index (χ4v) is 1.28. The molecule has 0 heterocycles. The van der Waals surface area contributed by atoms with Gasteiger partial charge in [-0.2, -0.15) is 5.26 Å².